The van der Waals surface area contributed by atoms with Crippen molar-refractivity contribution in [2.45, 2.75) is 26.9 Å². The van der Waals surface area contributed by atoms with Crippen LogP contribution >= 0.6 is 24.0 Å². The van der Waals surface area contributed by atoms with Crippen LogP contribution in [0.15, 0.2) is 47.5 Å². The summed E-state index contributed by atoms with van der Waals surface area (Å²) >= 11 is 0. The third kappa shape index (κ3) is 8.43. The molecule has 5 nitrogen and oxygen atoms in total. The van der Waals surface area contributed by atoms with Crippen molar-refractivity contribution in [2.24, 2.45) is 4.99 Å². The molecule has 0 radical (unpaired) electrons. The first-order chi connectivity index (χ1) is 13.1. The smallest absolute Gasteiger partial charge is 0.191 e. The number of rotatable bonds is 9. The van der Waals surface area contributed by atoms with Crippen LogP contribution in [0.4, 0.5) is 4.39 Å². The van der Waals surface area contributed by atoms with Gasteiger partial charge < -0.3 is 20.1 Å². The van der Waals surface area contributed by atoms with Gasteiger partial charge in [0.15, 0.2) is 5.96 Å². The number of aliphatic imine (C=N–C) groups is 1. The lowest BCUT2D eigenvalue weighted by molar-refractivity contribution is 0.145. The Hall–Kier alpha value is -1.87. The topological polar surface area (TPSA) is 54.9 Å². The van der Waals surface area contributed by atoms with Crippen LogP contribution in [0.25, 0.3) is 0 Å². The number of hydrogen-bond acceptors (Lipinski definition) is 3. The van der Waals surface area contributed by atoms with Crippen molar-refractivity contribution in [1.29, 1.82) is 0 Å². The van der Waals surface area contributed by atoms with Crippen molar-refractivity contribution in [1.82, 2.24) is 10.6 Å². The maximum absolute atomic E-state index is 13.3. The Morgan fingerprint density at radius 2 is 1.93 bits per heavy atom. The van der Waals surface area contributed by atoms with Crippen molar-refractivity contribution in [3.63, 3.8) is 0 Å². The quantitative estimate of drug-likeness (QED) is 0.236. The van der Waals surface area contributed by atoms with E-state index >= 15 is 0 Å². The van der Waals surface area contributed by atoms with Crippen LogP contribution in [0.5, 0.6) is 5.75 Å². The fourth-order valence-electron chi connectivity index (χ4n) is 2.50. The molecule has 0 unspecified atom stereocenters. The molecule has 0 saturated heterocycles. The fourth-order valence-corrected chi connectivity index (χ4v) is 2.50. The highest BCUT2D eigenvalue weighted by Gasteiger charge is 2.06. The van der Waals surface area contributed by atoms with Crippen LogP contribution in [0.3, 0.4) is 0 Å². The molecular weight excluding hydrogens is 472 g/mol. The van der Waals surface area contributed by atoms with Gasteiger partial charge in [-0.25, -0.2) is 9.38 Å². The highest BCUT2D eigenvalue weighted by atomic mass is 127. The lowest BCUT2D eigenvalue weighted by Gasteiger charge is -2.15. The Labute approximate surface area is 183 Å². The number of aryl methyl sites for hydroxylation is 1. The monoisotopic (exact) mass is 501 g/mol. The molecule has 0 aromatic heterocycles. The molecule has 7 heteroatoms. The van der Waals surface area contributed by atoms with Gasteiger partial charge in [-0.2, -0.15) is 0 Å². The molecule has 0 fully saturated rings. The van der Waals surface area contributed by atoms with Gasteiger partial charge in [0.1, 0.15) is 18.2 Å². The van der Waals surface area contributed by atoms with E-state index in [2.05, 4.69) is 21.7 Å². The molecule has 2 aromatic rings. The number of ether oxygens (including phenoxy) is 2. The van der Waals surface area contributed by atoms with Gasteiger partial charge >= 0.3 is 0 Å². The Bertz CT molecular complexity index is 756. The molecule has 0 atom stereocenters. The maximum atomic E-state index is 13.3. The predicted molar refractivity (Wildman–Crippen MR) is 122 cm³/mol. The van der Waals surface area contributed by atoms with Crippen LogP contribution in [0.2, 0.25) is 0 Å². The molecule has 0 amide bonds. The molecule has 2 rings (SSSR count). The summed E-state index contributed by atoms with van der Waals surface area (Å²) in [5, 5.41) is 6.51. The number of nitrogens with one attached hydrogen (secondary N) is 2. The molecule has 0 aliphatic heterocycles. The minimum Gasteiger partial charge on any atom is -0.491 e. The molecule has 0 heterocycles. The van der Waals surface area contributed by atoms with Crippen LogP contribution in [0.1, 0.15) is 23.6 Å². The van der Waals surface area contributed by atoms with Gasteiger partial charge in [0, 0.05) is 25.8 Å². The Balaban J connectivity index is 0.00000392. The van der Waals surface area contributed by atoms with Crippen LogP contribution in [-0.2, 0) is 17.8 Å². The molecule has 0 saturated carbocycles. The second-order valence-electron chi connectivity index (χ2n) is 6.13. The second-order valence-corrected chi connectivity index (χ2v) is 6.13. The number of nitrogens with zero attached hydrogens (tertiary/aromatic N) is 1. The van der Waals surface area contributed by atoms with Crippen molar-refractivity contribution < 1.29 is 13.9 Å². The number of hydrogen-bond donors (Lipinski definition) is 2. The van der Waals surface area contributed by atoms with Gasteiger partial charge in [-0.1, -0.05) is 24.3 Å². The molecule has 0 aliphatic rings. The van der Waals surface area contributed by atoms with E-state index < -0.39 is 0 Å². The summed E-state index contributed by atoms with van der Waals surface area (Å²) in [4.78, 5) is 4.53. The normalized spacial score (nSPS) is 10.9. The average Bonchev–Trinajstić information content (AvgIpc) is 2.65. The van der Waals surface area contributed by atoms with Crippen molar-refractivity contribution in [2.75, 3.05) is 26.9 Å². The summed E-state index contributed by atoms with van der Waals surface area (Å²) in [7, 11) is 1.65. The first-order valence-corrected chi connectivity index (χ1v) is 9.10. The third-order valence-electron chi connectivity index (χ3n) is 3.87. The fraction of sp³-hybridized carbons (Fsp3) is 0.381. The highest BCUT2D eigenvalue weighted by molar-refractivity contribution is 14.0. The minimum absolute atomic E-state index is 0. The van der Waals surface area contributed by atoms with E-state index in [-0.39, 0.29) is 29.8 Å². The Kier molecular flexibility index (Phi) is 11.5. The van der Waals surface area contributed by atoms with Crippen molar-refractivity contribution in [3.05, 3.63) is 65.0 Å². The van der Waals surface area contributed by atoms with Crippen LogP contribution in [0, 0.1) is 12.7 Å². The summed E-state index contributed by atoms with van der Waals surface area (Å²) in [5.41, 5.74) is 3.00. The third-order valence-corrected chi connectivity index (χ3v) is 3.87. The van der Waals surface area contributed by atoms with E-state index in [1.54, 1.807) is 13.2 Å². The van der Waals surface area contributed by atoms with Crippen LogP contribution in [-0.4, -0.2) is 32.8 Å². The molecule has 28 heavy (non-hydrogen) atoms. The summed E-state index contributed by atoms with van der Waals surface area (Å²) in [5.74, 6) is 1.25. The zero-order valence-corrected chi connectivity index (χ0v) is 19.0. The number of guanidine groups is 1. The molecule has 2 N–H and O–H groups in total. The number of halogens is 2. The van der Waals surface area contributed by atoms with E-state index in [1.165, 1.54) is 12.1 Å². The summed E-state index contributed by atoms with van der Waals surface area (Å²) in [6, 6.07) is 12.6. The van der Waals surface area contributed by atoms with Gasteiger partial charge in [0.25, 0.3) is 0 Å². The van der Waals surface area contributed by atoms with Crippen LogP contribution < -0.4 is 15.4 Å². The predicted octanol–water partition coefficient (Wildman–Crippen LogP) is 4.03. The molecular formula is C21H29FIN3O2. The van der Waals surface area contributed by atoms with E-state index in [0.29, 0.717) is 32.3 Å². The molecule has 0 bridgehead atoms. The molecule has 154 valence electrons. The van der Waals surface area contributed by atoms with Gasteiger partial charge in [-0.05, 0) is 43.2 Å². The Morgan fingerprint density at radius 1 is 1.11 bits per heavy atom. The molecule has 0 aliphatic carbocycles. The first-order valence-electron chi connectivity index (χ1n) is 9.10. The summed E-state index contributed by atoms with van der Waals surface area (Å²) in [6.07, 6.45) is 0. The van der Waals surface area contributed by atoms with Gasteiger partial charge in [0.05, 0.1) is 13.2 Å². The summed E-state index contributed by atoms with van der Waals surface area (Å²) in [6.45, 7) is 6.78. The highest BCUT2D eigenvalue weighted by Crippen LogP contribution is 2.20. The van der Waals surface area contributed by atoms with Gasteiger partial charge in [0.2, 0.25) is 0 Å². The van der Waals surface area contributed by atoms with Crippen molar-refractivity contribution in [3.8, 4) is 5.75 Å². The lowest BCUT2D eigenvalue weighted by Crippen LogP contribution is -2.36. The van der Waals surface area contributed by atoms with E-state index in [1.807, 2.05) is 32.0 Å². The van der Waals surface area contributed by atoms with E-state index in [9.17, 15) is 4.39 Å². The maximum Gasteiger partial charge on any atom is 0.191 e. The standard InChI is InChI=1S/C21H28FN3O2.HI/c1-4-23-21(24-14-17-6-5-7-19(22)13-17)25-15-18-9-8-16(2)12-20(18)27-11-10-26-3;/h5-9,12-13H,4,10-11,14-15H2,1-3H3,(H2,23,24,25);1H. The first kappa shape index (κ1) is 24.2. The van der Waals surface area contributed by atoms with Crippen molar-refractivity contribution >= 4 is 29.9 Å². The SMILES string of the molecule is CCNC(=NCc1cccc(F)c1)NCc1ccc(C)cc1OCCOC.I. The summed E-state index contributed by atoms with van der Waals surface area (Å²) < 4.78 is 24.2. The Morgan fingerprint density at radius 3 is 2.64 bits per heavy atom. The number of methoxy groups -OCH3 is 1. The second kappa shape index (κ2) is 13.3. The minimum atomic E-state index is -0.252. The van der Waals surface area contributed by atoms with Gasteiger partial charge in [-0.3, -0.25) is 0 Å². The molecule has 2 aromatic carbocycles. The largest absolute Gasteiger partial charge is 0.491 e. The average molecular weight is 501 g/mol. The zero-order valence-electron chi connectivity index (χ0n) is 16.6. The lowest BCUT2D eigenvalue weighted by atomic mass is 10.1. The van der Waals surface area contributed by atoms with E-state index in [0.717, 1.165) is 29.0 Å². The number of benzene rings is 2. The zero-order chi connectivity index (χ0) is 19.5. The van der Waals surface area contributed by atoms with E-state index in [4.69, 9.17) is 9.47 Å². The van der Waals surface area contributed by atoms with Gasteiger partial charge in [-0.15, -0.1) is 24.0 Å². The molecule has 0 spiro atoms.